The van der Waals surface area contributed by atoms with Crippen LogP contribution in [0.1, 0.15) is 16.7 Å². The van der Waals surface area contributed by atoms with E-state index in [-0.39, 0.29) is 12.6 Å². The van der Waals surface area contributed by atoms with E-state index in [0.29, 0.717) is 6.54 Å². The molecule has 4 heteroatoms. The number of aliphatic hydroxyl groups is 1. The molecule has 3 aromatic rings. The maximum Gasteiger partial charge on any atom is 0.159 e. The minimum absolute atomic E-state index is 0.0128. The molecule has 0 amide bonds. The fraction of sp³-hybridized carbons (Fsp3) is 0.238. The van der Waals surface area contributed by atoms with Gasteiger partial charge in [0.15, 0.2) is 5.82 Å². The number of aliphatic hydroxyl groups excluding tert-OH is 1. The van der Waals surface area contributed by atoms with Gasteiger partial charge in [0.25, 0.3) is 0 Å². The normalized spacial score (nSPS) is 12.1. The van der Waals surface area contributed by atoms with E-state index in [1.165, 1.54) is 11.1 Å². The summed E-state index contributed by atoms with van der Waals surface area (Å²) in [5.74, 6) is 0.732. The van der Waals surface area contributed by atoms with Gasteiger partial charge in [-0.25, -0.2) is 9.97 Å². The minimum Gasteiger partial charge on any atom is -0.395 e. The first-order chi connectivity index (χ1) is 12.2. The molecule has 0 bridgehead atoms. The van der Waals surface area contributed by atoms with Crippen LogP contribution in [0.2, 0.25) is 0 Å². The Bertz CT molecular complexity index is 788. The number of rotatable bonds is 7. The van der Waals surface area contributed by atoms with Gasteiger partial charge in [0.1, 0.15) is 0 Å². The molecule has 128 valence electrons. The molecule has 0 spiro atoms. The summed E-state index contributed by atoms with van der Waals surface area (Å²) in [6.45, 7) is 2.78. The van der Waals surface area contributed by atoms with Crippen molar-refractivity contribution >= 4 is 0 Å². The van der Waals surface area contributed by atoms with E-state index in [1.54, 1.807) is 0 Å². The highest BCUT2D eigenvalue weighted by Crippen LogP contribution is 2.15. The molecule has 0 aliphatic carbocycles. The van der Waals surface area contributed by atoms with Crippen LogP contribution in [0.15, 0.2) is 67.0 Å². The van der Waals surface area contributed by atoms with Gasteiger partial charge in [-0.15, -0.1) is 0 Å². The highest BCUT2D eigenvalue weighted by molar-refractivity contribution is 5.55. The van der Waals surface area contributed by atoms with Crippen molar-refractivity contribution < 1.29 is 5.11 Å². The summed E-state index contributed by atoms with van der Waals surface area (Å²) in [6.07, 6.45) is 4.48. The minimum atomic E-state index is 0.0128. The third kappa shape index (κ3) is 4.95. The quantitative estimate of drug-likeness (QED) is 0.697. The predicted molar refractivity (Wildman–Crippen MR) is 100 cm³/mol. The van der Waals surface area contributed by atoms with Crippen molar-refractivity contribution in [2.24, 2.45) is 0 Å². The molecule has 3 rings (SSSR count). The lowest BCUT2D eigenvalue weighted by Crippen LogP contribution is -2.34. The van der Waals surface area contributed by atoms with Gasteiger partial charge in [0, 0.05) is 36.1 Å². The molecular weight excluding hydrogens is 310 g/mol. The van der Waals surface area contributed by atoms with Gasteiger partial charge < -0.3 is 10.4 Å². The van der Waals surface area contributed by atoms with Gasteiger partial charge >= 0.3 is 0 Å². The second-order valence-electron chi connectivity index (χ2n) is 6.23. The molecule has 2 N–H and O–H groups in total. The SMILES string of the molecule is Cc1cccc(-c2ncc(CN[C@@H](CO)Cc3ccccc3)cn2)c1. The molecule has 4 nitrogen and oxygen atoms in total. The topological polar surface area (TPSA) is 58.0 Å². The Morgan fingerprint density at radius 1 is 0.960 bits per heavy atom. The number of aromatic nitrogens is 2. The number of hydrogen-bond donors (Lipinski definition) is 2. The first-order valence-electron chi connectivity index (χ1n) is 8.51. The van der Waals surface area contributed by atoms with Crippen LogP contribution in [0.3, 0.4) is 0 Å². The van der Waals surface area contributed by atoms with Gasteiger partial charge in [-0.2, -0.15) is 0 Å². The monoisotopic (exact) mass is 333 g/mol. The van der Waals surface area contributed by atoms with Gasteiger partial charge in [0.2, 0.25) is 0 Å². The van der Waals surface area contributed by atoms with E-state index in [9.17, 15) is 5.11 Å². The van der Waals surface area contributed by atoms with Crippen molar-refractivity contribution in [2.75, 3.05) is 6.61 Å². The van der Waals surface area contributed by atoms with Crippen molar-refractivity contribution in [3.63, 3.8) is 0 Å². The molecule has 0 radical (unpaired) electrons. The van der Waals surface area contributed by atoms with Crippen LogP contribution in [0, 0.1) is 6.92 Å². The molecule has 0 saturated carbocycles. The molecule has 1 aromatic heterocycles. The van der Waals surface area contributed by atoms with Gasteiger partial charge in [-0.05, 0) is 25.0 Å². The van der Waals surface area contributed by atoms with Crippen LogP contribution in [0.5, 0.6) is 0 Å². The standard InChI is InChI=1S/C21H23N3O/c1-16-6-5-9-19(10-16)21-23-13-18(14-24-21)12-22-20(15-25)11-17-7-3-2-4-8-17/h2-10,13-14,20,22,25H,11-12,15H2,1H3/t20-/m1/s1. The number of nitrogens with zero attached hydrogens (tertiary/aromatic N) is 2. The van der Waals surface area contributed by atoms with Crippen LogP contribution in [-0.4, -0.2) is 27.7 Å². The Labute approximate surface area is 148 Å². The summed E-state index contributed by atoms with van der Waals surface area (Å²) >= 11 is 0. The number of hydrogen-bond acceptors (Lipinski definition) is 4. The summed E-state index contributed by atoms with van der Waals surface area (Å²) in [4.78, 5) is 8.93. The zero-order valence-electron chi connectivity index (χ0n) is 14.4. The van der Waals surface area contributed by atoms with Crippen molar-refractivity contribution in [3.8, 4) is 11.4 Å². The van der Waals surface area contributed by atoms with Crippen molar-refractivity contribution in [2.45, 2.75) is 25.9 Å². The molecule has 0 saturated heterocycles. The van der Waals surface area contributed by atoms with E-state index in [4.69, 9.17) is 0 Å². The number of benzene rings is 2. The smallest absolute Gasteiger partial charge is 0.159 e. The third-order valence-corrected chi connectivity index (χ3v) is 4.12. The van der Waals surface area contributed by atoms with Crippen LogP contribution in [0.25, 0.3) is 11.4 Å². The predicted octanol–water partition coefficient (Wildman–Crippen LogP) is 3.15. The van der Waals surface area contributed by atoms with E-state index in [1.807, 2.05) is 42.7 Å². The number of nitrogens with one attached hydrogen (secondary N) is 1. The summed E-state index contributed by atoms with van der Waals surface area (Å²) < 4.78 is 0. The maximum absolute atomic E-state index is 9.59. The summed E-state index contributed by atoms with van der Waals surface area (Å²) in [5, 5.41) is 13.0. The highest BCUT2D eigenvalue weighted by Gasteiger charge is 2.08. The second kappa shape index (κ2) is 8.51. The molecule has 25 heavy (non-hydrogen) atoms. The first-order valence-corrected chi connectivity index (χ1v) is 8.51. The molecule has 0 unspecified atom stereocenters. The zero-order chi connectivity index (χ0) is 17.5. The van der Waals surface area contributed by atoms with E-state index >= 15 is 0 Å². The average Bonchev–Trinajstić information content (AvgIpc) is 2.66. The van der Waals surface area contributed by atoms with Crippen molar-refractivity contribution in [3.05, 3.63) is 83.7 Å². The van der Waals surface area contributed by atoms with Gasteiger partial charge in [0.05, 0.1) is 6.61 Å². The van der Waals surface area contributed by atoms with Gasteiger partial charge in [-0.3, -0.25) is 0 Å². The first kappa shape index (κ1) is 17.3. The van der Waals surface area contributed by atoms with Gasteiger partial charge in [-0.1, -0.05) is 54.1 Å². The molecule has 2 aromatic carbocycles. The van der Waals surface area contributed by atoms with Crippen LogP contribution >= 0.6 is 0 Å². The Hall–Kier alpha value is -2.56. The largest absolute Gasteiger partial charge is 0.395 e. The number of aryl methyl sites for hydroxylation is 1. The van der Waals surface area contributed by atoms with E-state index in [0.717, 1.165) is 23.4 Å². The summed E-state index contributed by atoms with van der Waals surface area (Å²) in [6, 6.07) is 18.4. The van der Waals surface area contributed by atoms with E-state index in [2.05, 4.69) is 46.5 Å². The lowest BCUT2D eigenvalue weighted by atomic mass is 10.1. The Morgan fingerprint density at radius 3 is 2.40 bits per heavy atom. The maximum atomic E-state index is 9.59. The Kier molecular flexibility index (Phi) is 5.88. The fourth-order valence-electron chi connectivity index (χ4n) is 2.74. The summed E-state index contributed by atoms with van der Waals surface area (Å²) in [7, 11) is 0. The van der Waals surface area contributed by atoms with Crippen LogP contribution in [-0.2, 0) is 13.0 Å². The molecule has 0 aliphatic rings. The lowest BCUT2D eigenvalue weighted by molar-refractivity contribution is 0.240. The van der Waals surface area contributed by atoms with Crippen LogP contribution < -0.4 is 5.32 Å². The van der Waals surface area contributed by atoms with Crippen molar-refractivity contribution in [1.29, 1.82) is 0 Å². The third-order valence-electron chi connectivity index (χ3n) is 4.12. The fourth-order valence-corrected chi connectivity index (χ4v) is 2.74. The lowest BCUT2D eigenvalue weighted by Gasteiger charge is -2.16. The molecule has 0 aliphatic heterocycles. The zero-order valence-corrected chi connectivity index (χ0v) is 14.4. The summed E-state index contributed by atoms with van der Waals surface area (Å²) in [5.41, 5.74) is 4.43. The molecule has 1 heterocycles. The molecule has 1 atom stereocenters. The molecular formula is C21H23N3O. The van der Waals surface area contributed by atoms with Crippen LogP contribution in [0.4, 0.5) is 0 Å². The second-order valence-corrected chi connectivity index (χ2v) is 6.23. The van der Waals surface area contributed by atoms with E-state index < -0.39 is 0 Å². The highest BCUT2D eigenvalue weighted by atomic mass is 16.3. The Balaban J connectivity index is 1.59. The van der Waals surface area contributed by atoms with Crippen molar-refractivity contribution in [1.82, 2.24) is 15.3 Å². The average molecular weight is 333 g/mol. The molecule has 0 fully saturated rings. The Morgan fingerprint density at radius 2 is 1.72 bits per heavy atom.